The standard InChI is InChI=1S/C17H21N3OS/c1-20-15(11-16(21)18-13-7-3-2-4-8-13)12-22-17(20)19-14-9-5-6-10-14/h2-4,7-8,12,14H,5-6,9-11H2,1H3,(H,18,21). The van der Waals surface area contributed by atoms with E-state index in [1.807, 2.05) is 47.3 Å². The molecule has 22 heavy (non-hydrogen) atoms. The van der Waals surface area contributed by atoms with Crippen molar-refractivity contribution in [2.24, 2.45) is 12.0 Å². The predicted octanol–water partition coefficient (Wildman–Crippen LogP) is 3.11. The van der Waals surface area contributed by atoms with Crippen molar-refractivity contribution in [3.05, 3.63) is 46.2 Å². The van der Waals surface area contributed by atoms with Gasteiger partial charge in [-0.3, -0.25) is 9.79 Å². The van der Waals surface area contributed by atoms with Crippen LogP contribution < -0.4 is 10.1 Å². The van der Waals surface area contributed by atoms with Gasteiger partial charge in [-0.05, 0) is 25.0 Å². The molecule has 0 aliphatic heterocycles. The molecule has 116 valence electrons. The Morgan fingerprint density at radius 3 is 2.77 bits per heavy atom. The van der Waals surface area contributed by atoms with Gasteiger partial charge in [0.05, 0.1) is 12.5 Å². The maximum absolute atomic E-state index is 12.1. The molecule has 0 bridgehead atoms. The number of para-hydroxylation sites is 1. The number of hydrogen-bond donors (Lipinski definition) is 1. The van der Waals surface area contributed by atoms with Gasteiger partial charge in [0, 0.05) is 23.8 Å². The van der Waals surface area contributed by atoms with Crippen LogP contribution in [0.25, 0.3) is 0 Å². The molecule has 3 rings (SSSR count). The van der Waals surface area contributed by atoms with Crippen LogP contribution in [-0.2, 0) is 18.3 Å². The van der Waals surface area contributed by atoms with E-state index in [0.717, 1.165) is 16.2 Å². The number of thiazole rings is 1. The Kier molecular flexibility index (Phi) is 4.73. The lowest BCUT2D eigenvalue weighted by molar-refractivity contribution is -0.115. The number of anilines is 1. The van der Waals surface area contributed by atoms with Crippen LogP contribution in [0.1, 0.15) is 31.4 Å². The molecule has 1 saturated carbocycles. The second-order valence-corrected chi connectivity index (χ2v) is 6.56. The number of carbonyl (C=O) groups excluding carboxylic acids is 1. The van der Waals surface area contributed by atoms with Gasteiger partial charge in [-0.25, -0.2) is 0 Å². The van der Waals surface area contributed by atoms with Crippen LogP contribution in [0.3, 0.4) is 0 Å². The quantitative estimate of drug-likeness (QED) is 0.926. The molecule has 0 spiro atoms. The number of amides is 1. The number of carbonyl (C=O) groups is 1. The summed E-state index contributed by atoms with van der Waals surface area (Å²) < 4.78 is 2.05. The van der Waals surface area contributed by atoms with Gasteiger partial charge in [-0.15, -0.1) is 11.3 Å². The number of nitrogens with zero attached hydrogens (tertiary/aromatic N) is 2. The predicted molar refractivity (Wildman–Crippen MR) is 89.9 cm³/mol. The summed E-state index contributed by atoms with van der Waals surface area (Å²) in [6.07, 6.45) is 5.34. The minimum absolute atomic E-state index is 0.00650. The highest BCUT2D eigenvalue weighted by atomic mass is 32.1. The highest BCUT2D eigenvalue weighted by molar-refractivity contribution is 7.07. The molecule has 2 aromatic rings. The summed E-state index contributed by atoms with van der Waals surface area (Å²) in [4.78, 5) is 18.0. The number of nitrogens with one attached hydrogen (secondary N) is 1. The highest BCUT2D eigenvalue weighted by Crippen LogP contribution is 2.20. The first-order chi connectivity index (χ1) is 10.7. The summed E-state index contributed by atoms with van der Waals surface area (Å²) in [7, 11) is 2.00. The SMILES string of the molecule is Cn1c(CC(=O)Nc2ccccc2)csc1=NC1CCCC1. The molecular weight excluding hydrogens is 294 g/mol. The third kappa shape index (κ3) is 3.65. The van der Waals surface area contributed by atoms with Crippen LogP contribution in [0.15, 0.2) is 40.7 Å². The highest BCUT2D eigenvalue weighted by Gasteiger charge is 2.14. The van der Waals surface area contributed by atoms with E-state index >= 15 is 0 Å². The molecule has 0 atom stereocenters. The lowest BCUT2D eigenvalue weighted by Crippen LogP contribution is -2.20. The van der Waals surface area contributed by atoms with Crippen molar-refractivity contribution < 1.29 is 4.79 Å². The average molecular weight is 315 g/mol. The van der Waals surface area contributed by atoms with Crippen LogP contribution in [0.5, 0.6) is 0 Å². The Balaban J connectivity index is 1.68. The Bertz CT molecular complexity index is 696. The lowest BCUT2D eigenvalue weighted by atomic mass is 10.3. The number of aromatic nitrogens is 1. The Labute approximate surface area is 134 Å². The van der Waals surface area contributed by atoms with E-state index in [2.05, 4.69) is 5.32 Å². The summed E-state index contributed by atoms with van der Waals surface area (Å²) in [6, 6.07) is 10.0. The fraction of sp³-hybridized carbons (Fsp3) is 0.412. The van der Waals surface area contributed by atoms with Gasteiger partial charge in [0.2, 0.25) is 5.91 Å². The van der Waals surface area contributed by atoms with Crippen molar-refractivity contribution in [3.63, 3.8) is 0 Å². The first kappa shape index (κ1) is 15.0. The number of hydrogen-bond acceptors (Lipinski definition) is 3. The molecule has 1 aromatic heterocycles. The number of benzene rings is 1. The molecule has 1 amide bonds. The van der Waals surface area contributed by atoms with Crippen molar-refractivity contribution >= 4 is 22.9 Å². The molecule has 1 aliphatic carbocycles. The van der Waals surface area contributed by atoms with Crippen LogP contribution in [0, 0.1) is 0 Å². The zero-order valence-electron chi connectivity index (χ0n) is 12.8. The Morgan fingerprint density at radius 1 is 1.32 bits per heavy atom. The summed E-state index contributed by atoms with van der Waals surface area (Å²) in [5.41, 5.74) is 1.84. The van der Waals surface area contributed by atoms with Gasteiger partial charge in [-0.2, -0.15) is 0 Å². The minimum Gasteiger partial charge on any atom is -0.326 e. The van der Waals surface area contributed by atoms with E-state index in [0.29, 0.717) is 12.5 Å². The topological polar surface area (TPSA) is 46.4 Å². The van der Waals surface area contributed by atoms with E-state index in [9.17, 15) is 4.79 Å². The van der Waals surface area contributed by atoms with Crippen molar-refractivity contribution in [3.8, 4) is 0 Å². The van der Waals surface area contributed by atoms with E-state index in [1.54, 1.807) is 11.3 Å². The van der Waals surface area contributed by atoms with Gasteiger partial charge in [0.1, 0.15) is 0 Å². The molecule has 0 unspecified atom stereocenters. The maximum Gasteiger partial charge on any atom is 0.230 e. The average Bonchev–Trinajstić information content (AvgIpc) is 3.14. The van der Waals surface area contributed by atoms with Gasteiger partial charge < -0.3 is 9.88 Å². The van der Waals surface area contributed by atoms with Crippen LogP contribution in [0.4, 0.5) is 5.69 Å². The smallest absolute Gasteiger partial charge is 0.230 e. The first-order valence-electron chi connectivity index (χ1n) is 7.74. The van der Waals surface area contributed by atoms with E-state index in [1.165, 1.54) is 25.7 Å². The van der Waals surface area contributed by atoms with Crippen molar-refractivity contribution in [1.82, 2.24) is 4.57 Å². The molecular formula is C17H21N3OS. The molecule has 4 nitrogen and oxygen atoms in total. The molecule has 0 saturated heterocycles. The van der Waals surface area contributed by atoms with Crippen molar-refractivity contribution in [2.45, 2.75) is 38.1 Å². The fourth-order valence-electron chi connectivity index (χ4n) is 2.76. The molecule has 1 heterocycles. The summed E-state index contributed by atoms with van der Waals surface area (Å²) in [5.74, 6) is 0.00650. The fourth-order valence-corrected chi connectivity index (χ4v) is 3.73. The summed E-state index contributed by atoms with van der Waals surface area (Å²) in [6.45, 7) is 0. The molecule has 0 radical (unpaired) electrons. The second-order valence-electron chi connectivity index (χ2n) is 5.73. The lowest BCUT2D eigenvalue weighted by Gasteiger charge is -2.06. The zero-order chi connectivity index (χ0) is 15.4. The summed E-state index contributed by atoms with van der Waals surface area (Å²) in [5, 5.41) is 4.96. The van der Waals surface area contributed by atoms with Gasteiger partial charge in [0.25, 0.3) is 0 Å². The third-order valence-corrected chi connectivity index (χ3v) is 5.02. The van der Waals surface area contributed by atoms with Crippen LogP contribution in [0.2, 0.25) is 0 Å². The maximum atomic E-state index is 12.1. The molecule has 1 N–H and O–H groups in total. The normalized spacial score (nSPS) is 16.1. The molecule has 1 aliphatic rings. The van der Waals surface area contributed by atoms with Crippen molar-refractivity contribution in [2.75, 3.05) is 5.32 Å². The first-order valence-corrected chi connectivity index (χ1v) is 8.62. The zero-order valence-corrected chi connectivity index (χ0v) is 13.6. The summed E-state index contributed by atoms with van der Waals surface area (Å²) >= 11 is 1.63. The monoisotopic (exact) mass is 315 g/mol. The van der Waals surface area contributed by atoms with Gasteiger partial charge >= 0.3 is 0 Å². The second kappa shape index (κ2) is 6.92. The van der Waals surface area contributed by atoms with E-state index in [4.69, 9.17) is 4.99 Å². The van der Waals surface area contributed by atoms with E-state index < -0.39 is 0 Å². The molecule has 5 heteroatoms. The van der Waals surface area contributed by atoms with Crippen LogP contribution >= 0.6 is 11.3 Å². The largest absolute Gasteiger partial charge is 0.326 e. The van der Waals surface area contributed by atoms with Crippen molar-refractivity contribution in [1.29, 1.82) is 0 Å². The van der Waals surface area contributed by atoms with E-state index in [-0.39, 0.29) is 5.91 Å². The Morgan fingerprint density at radius 2 is 2.05 bits per heavy atom. The minimum atomic E-state index is 0.00650. The third-order valence-electron chi connectivity index (χ3n) is 4.04. The van der Waals surface area contributed by atoms with Gasteiger partial charge in [-0.1, -0.05) is 31.0 Å². The number of rotatable bonds is 4. The molecule has 1 fully saturated rings. The van der Waals surface area contributed by atoms with Gasteiger partial charge in [0.15, 0.2) is 4.80 Å². The molecule has 1 aromatic carbocycles. The Hall–Kier alpha value is -1.88. The van der Waals surface area contributed by atoms with Crippen LogP contribution in [-0.4, -0.2) is 16.5 Å².